The summed E-state index contributed by atoms with van der Waals surface area (Å²) in [5, 5.41) is 3.11. The molecule has 0 fully saturated rings. The number of hydrogen-bond acceptors (Lipinski definition) is 3. The van der Waals surface area contributed by atoms with Gasteiger partial charge in [-0.05, 0) is 35.4 Å². The number of likely N-dealkylation sites (N-methyl/N-ethyl adjacent to an activating group) is 1. The number of nitrogens with one attached hydrogen (secondary N) is 1. The van der Waals surface area contributed by atoms with E-state index in [-0.39, 0.29) is 42.2 Å². The Hall–Kier alpha value is -2.36. The van der Waals surface area contributed by atoms with Crippen LogP contribution >= 0.6 is 24.0 Å². The molecule has 2 rings (SSSR count). The number of rotatable bonds is 7. The zero-order valence-corrected chi connectivity index (χ0v) is 19.5. The highest BCUT2D eigenvalue weighted by molar-refractivity contribution is 14.0. The van der Waals surface area contributed by atoms with Gasteiger partial charge in [0, 0.05) is 27.7 Å². The first-order valence-corrected chi connectivity index (χ1v) is 8.96. The number of carbonyl (C=O) groups excluding carboxylic acids is 1. The minimum atomic E-state index is -0.269. The molecule has 0 radical (unpaired) electrons. The van der Waals surface area contributed by atoms with Gasteiger partial charge in [0.15, 0.2) is 5.96 Å². The van der Waals surface area contributed by atoms with Gasteiger partial charge >= 0.3 is 0 Å². The minimum absolute atomic E-state index is 0. The fourth-order valence-corrected chi connectivity index (χ4v) is 2.46. The molecule has 8 heteroatoms. The van der Waals surface area contributed by atoms with E-state index in [1.165, 1.54) is 17.0 Å². The molecule has 2 aromatic rings. The monoisotopic (exact) mass is 514 g/mol. The van der Waals surface area contributed by atoms with Crippen LogP contribution in [0.5, 0.6) is 5.75 Å². The van der Waals surface area contributed by atoms with E-state index in [9.17, 15) is 9.18 Å². The maximum atomic E-state index is 13.1. The van der Waals surface area contributed by atoms with E-state index in [1.54, 1.807) is 33.3 Å². The van der Waals surface area contributed by atoms with E-state index >= 15 is 0 Å². The second kappa shape index (κ2) is 12.3. The molecule has 0 aliphatic carbocycles. The molecule has 1 amide bonds. The highest BCUT2D eigenvalue weighted by atomic mass is 127. The number of nitrogens with zero attached hydrogens (tertiary/aromatic N) is 3. The highest BCUT2D eigenvalue weighted by Crippen LogP contribution is 2.12. The average molecular weight is 514 g/mol. The third-order valence-corrected chi connectivity index (χ3v) is 4.16. The van der Waals surface area contributed by atoms with Gasteiger partial charge in [-0.2, -0.15) is 0 Å². The van der Waals surface area contributed by atoms with Gasteiger partial charge < -0.3 is 19.9 Å². The summed E-state index contributed by atoms with van der Waals surface area (Å²) in [6.07, 6.45) is 0. The number of ether oxygens (including phenoxy) is 1. The molecule has 2 aromatic carbocycles. The largest absolute Gasteiger partial charge is 0.497 e. The first-order chi connectivity index (χ1) is 13.4. The van der Waals surface area contributed by atoms with Crippen LogP contribution in [-0.4, -0.2) is 56.5 Å². The molecule has 0 saturated carbocycles. The molecule has 0 atom stereocenters. The van der Waals surface area contributed by atoms with E-state index in [0.29, 0.717) is 19.0 Å². The summed E-state index contributed by atoms with van der Waals surface area (Å²) in [7, 11) is 6.92. The van der Waals surface area contributed by atoms with E-state index in [1.807, 2.05) is 36.2 Å². The van der Waals surface area contributed by atoms with Crippen LogP contribution in [0, 0.1) is 5.82 Å². The first-order valence-electron chi connectivity index (χ1n) is 8.96. The van der Waals surface area contributed by atoms with Gasteiger partial charge in [0.05, 0.1) is 20.2 Å². The fourth-order valence-electron chi connectivity index (χ4n) is 2.46. The zero-order valence-electron chi connectivity index (χ0n) is 17.2. The number of aliphatic imine (C=N–C) groups is 1. The summed E-state index contributed by atoms with van der Waals surface area (Å²) < 4.78 is 18.3. The molecule has 0 unspecified atom stereocenters. The van der Waals surface area contributed by atoms with Crippen LogP contribution in [0.15, 0.2) is 53.5 Å². The lowest BCUT2D eigenvalue weighted by Crippen LogP contribution is -2.43. The molecule has 0 heterocycles. The Morgan fingerprint density at radius 1 is 1.03 bits per heavy atom. The summed E-state index contributed by atoms with van der Waals surface area (Å²) in [5.41, 5.74) is 1.97. The Kier molecular flexibility index (Phi) is 10.4. The second-order valence-electron chi connectivity index (χ2n) is 6.61. The van der Waals surface area contributed by atoms with Crippen LogP contribution in [0.3, 0.4) is 0 Å². The number of benzene rings is 2. The van der Waals surface area contributed by atoms with Crippen LogP contribution in [0.25, 0.3) is 0 Å². The molecule has 29 heavy (non-hydrogen) atoms. The van der Waals surface area contributed by atoms with E-state index in [4.69, 9.17) is 4.74 Å². The van der Waals surface area contributed by atoms with Crippen molar-refractivity contribution in [3.63, 3.8) is 0 Å². The standard InChI is InChI=1S/C21H27FN4O2.HI/c1-25(2)20(27)14-24-21(23-13-16-7-11-19(28-4)12-8-16)26(3)15-17-5-9-18(22)10-6-17;/h5-12H,13-15H2,1-4H3,(H,23,24);1H. The summed E-state index contributed by atoms with van der Waals surface area (Å²) in [4.78, 5) is 20.0. The summed E-state index contributed by atoms with van der Waals surface area (Å²) >= 11 is 0. The molecule has 0 saturated heterocycles. The minimum Gasteiger partial charge on any atom is -0.497 e. The topological polar surface area (TPSA) is 57.2 Å². The van der Waals surface area contributed by atoms with Gasteiger partial charge in [0.2, 0.25) is 5.91 Å². The van der Waals surface area contributed by atoms with Gasteiger partial charge in [0.1, 0.15) is 11.6 Å². The highest BCUT2D eigenvalue weighted by Gasteiger charge is 2.11. The average Bonchev–Trinajstić information content (AvgIpc) is 2.69. The van der Waals surface area contributed by atoms with Gasteiger partial charge in [-0.1, -0.05) is 24.3 Å². The van der Waals surface area contributed by atoms with Crippen molar-refractivity contribution in [3.8, 4) is 5.75 Å². The Balaban J connectivity index is 0.00000420. The van der Waals surface area contributed by atoms with Crippen LogP contribution in [0.2, 0.25) is 0 Å². The van der Waals surface area contributed by atoms with Crippen molar-refractivity contribution in [2.75, 3.05) is 34.8 Å². The maximum absolute atomic E-state index is 13.1. The summed E-state index contributed by atoms with van der Waals surface area (Å²) in [6, 6.07) is 14.0. The predicted molar refractivity (Wildman–Crippen MR) is 124 cm³/mol. The molecule has 0 aliphatic heterocycles. The van der Waals surface area contributed by atoms with Crippen molar-refractivity contribution in [3.05, 3.63) is 65.5 Å². The molecule has 0 aliphatic rings. The van der Waals surface area contributed by atoms with E-state index < -0.39 is 0 Å². The predicted octanol–water partition coefficient (Wildman–Crippen LogP) is 3.12. The lowest BCUT2D eigenvalue weighted by Gasteiger charge is -2.23. The van der Waals surface area contributed by atoms with Crippen molar-refractivity contribution in [2.24, 2.45) is 4.99 Å². The Labute approximate surface area is 188 Å². The normalized spacial score (nSPS) is 10.7. The smallest absolute Gasteiger partial charge is 0.241 e. The quantitative estimate of drug-likeness (QED) is 0.351. The zero-order chi connectivity index (χ0) is 20.5. The third-order valence-electron chi connectivity index (χ3n) is 4.16. The van der Waals surface area contributed by atoms with Crippen LogP contribution in [0.1, 0.15) is 11.1 Å². The molecule has 1 N–H and O–H groups in total. The summed E-state index contributed by atoms with van der Waals surface area (Å²) in [5.74, 6) is 1.06. The first kappa shape index (κ1) is 24.7. The molecule has 0 bridgehead atoms. The number of guanidine groups is 1. The lowest BCUT2D eigenvalue weighted by atomic mass is 10.2. The molecule has 0 spiro atoms. The van der Waals surface area contributed by atoms with Crippen molar-refractivity contribution in [1.82, 2.24) is 15.1 Å². The number of methoxy groups -OCH3 is 1. The van der Waals surface area contributed by atoms with Crippen molar-refractivity contribution >= 4 is 35.8 Å². The van der Waals surface area contributed by atoms with Gasteiger partial charge in [-0.15, -0.1) is 24.0 Å². The molecular weight excluding hydrogens is 486 g/mol. The Bertz CT molecular complexity index is 795. The van der Waals surface area contributed by atoms with Gasteiger partial charge in [0.25, 0.3) is 0 Å². The fraction of sp³-hybridized carbons (Fsp3) is 0.333. The number of halogens is 2. The van der Waals surface area contributed by atoms with Crippen LogP contribution in [0.4, 0.5) is 4.39 Å². The van der Waals surface area contributed by atoms with Gasteiger partial charge in [-0.25, -0.2) is 9.38 Å². The van der Waals surface area contributed by atoms with Crippen molar-refractivity contribution in [1.29, 1.82) is 0 Å². The SMILES string of the molecule is COc1ccc(CN=C(NCC(=O)N(C)C)N(C)Cc2ccc(F)cc2)cc1.I. The van der Waals surface area contributed by atoms with E-state index in [2.05, 4.69) is 10.3 Å². The molecule has 0 aromatic heterocycles. The van der Waals surface area contributed by atoms with Crippen LogP contribution in [-0.2, 0) is 17.9 Å². The second-order valence-corrected chi connectivity index (χ2v) is 6.61. The summed E-state index contributed by atoms with van der Waals surface area (Å²) in [6.45, 7) is 1.13. The van der Waals surface area contributed by atoms with Gasteiger partial charge in [-0.3, -0.25) is 4.79 Å². The third kappa shape index (κ3) is 8.26. The number of hydrogen-bond donors (Lipinski definition) is 1. The van der Waals surface area contributed by atoms with Crippen LogP contribution < -0.4 is 10.1 Å². The maximum Gasteiger partial charge on any atom is 0.241 e. The molecule has 6 nitrogen and oxygen atoms in total. The number of amides is 1. The number of carbonyl (C=O) groups is 1. The van der Waals surface area contributed by atoms with Crippen molar-refractivity contribution in [2.45, 2.75) is 13.1 Å². The Morgan fingerprint density at radius 3 is 2.17 bits per heavy atom. The Morgan fingerprint density at radius 2 is 1.62 bits per heavy atom. The lowest BCUT2D eigenvalue weighted by molar-refractivity contribution is -0.127. The molecule has 158 valence electrons. The van der Waals surface area contributed by atoms with Crippen molar-refractivity contribution < 1.29 is 13.9 Å². The molecular formula is C21H28FIN4O2. The van der Waals surface area contributed by atoms with E-state index in [0.717, 1.165) is 16.9 Å².